The Bertz CT molecular complexity index is 968. The van der Waals surface area contributed by atoms with Gasteiger partial charge in [0.05, 0.1) is 0 Å². The lowest BCUT2D eigenvalue weighted by molar-refractivity contribution is -0.144. The molecule has 0 amide bonds. The number of nitrogens with one attached hydrogen (secondary N) is 1. The average Bonchev–Trinajstić information content (AvgIpc) is 2.72. The number of aromatic nitrogens is 3. The Balaban J connectivity index is 1.63. The molecule has 7 nitrogen and oxygen atoms in total. The lowest BCUT2D eigenvalue weighted by Gasteiger charge is -2.12. The quantitative estimate of drug-likeness (QED) is 0.425. The van der Waals surface area contributed by atoms with Crippen LogP contribution in [0.2, 0.25) is 0 Å². The summed E-state index contributed by atoms with van der Waals surface area (Å²) in [6, 6.07) is 17.6. The van der Waals surface area contributed by atoms with E-state index in [0.29, 0.717) is 11.8 Å². The Hall–Kier alpha value is -3.13. The lowest BCUT2D eigenvalue weighted by Crippen LogP contribution is -2.18. The molecule has 1 atom stereocenters. The van der Waals surface area contributed by atoms with Gasteiger partial charge in [0.25, 0.3) is 0 Å². The number of benzene rings is 2. The molecule has 0 aliphatic heterocycles. The van der Waals surface area contributed by atoms with E-state index < -0.39 is 0 Å². The molecule has 0 unspecified atom stereocenters. The van der Waals surface area contributed by atoms with Crippen molar-refractivity contribution in [1.82, 2.24) is 15.0 Å². The molecule has 1 aromatic heterocycles. The molecule has 0 saturated carbocycles. The van der Waals surface area contributed by atoms with Gasteiger partial charge in [-0.15, -0.1) is 11.8 Å². The second-order valence-electron chi connectivity index (χ2n) is 6.25. The van der Waals surface area contributed by atoms with Crippen LogP contribution in [0.1, 0.15) is 25.2 Å². The van der Waals surface area contributed by atoms with Crippen LogP contribution in [0.5, 0.6) is 0 Å². The number of ether oxygens (including phenoxy) is 1. The van der Waals surface area contributed by atoms with Crippen LogP contribution < -0.4 is 11.1 Å². The van der Waals surface area contributed by atoms with Crippen molar-refractivity contribution in [3.05, 3.63) is 66.0 Å². The number of anilines is 3. The van der Waals surface area contributed by atoms with E-state index in [1.807, 2.05) is 54.6 Å². The maximum atomic E-state index is 12.3. The number of carbonyl (C=O) groups is 1. The van der Waals surface area contributed by atoms with Gasteiger partial charge >= 0.3 is 5.97 Å². The molecular formula is C21H23N5O2S. The van der Waals surface area contributed by atoms with E-state index in [4.69, 9.17) is 10.5 Å². The van der Waals surface area contributed by atoms with Gasteiger partial charge < -0.3 is 15.8 Å². The third-order valence-corrected chi connectivity index (χ3v) is 5.17. The van der Waals surface area contributed by atoms with Crippen LogP contribution in [0.3, 0.4) is 0 Å². The second-order valence-corrected chi connectivity index (χ2v) is 7.66. The Morgan fingerprint density at radius 2 is 1.83 bits per heavy atom. The van der Waals surface area contributed by atoms with Crippen molar-refractivity contribution < 1.29 is 9.53 Å². The summed E-state index contributed by atoms with van der Waals surface area (Å²) in [6.07, 6.45) is 0.866. The predicted octanol–water partition coefficient (Wildman–Crippen LogP) is 3.98. The molecular weight excluding hydrogens is 386 g/mol. The van der Waals surface area contributed by atoms with Crippen molar-refractivity contribution in [1.29, 1.82) is 0 Å². The summed E-state index contributed by atoms with van der Waals surface area (Å²) in [5, 5.41) is 2.81. The van der Waals surface area contributed by atoms with E-state index >= 15 is 0 Å². The number of nitrogens with zero attached hydrogens (tertiary/aromatic N) is 3. The highest BCUT2D eigenvalue weighted by atomic mass is 32.2. The standard InChI is InChI=1S/C21H23N5O2S/c1-3-15-9-7-8-12-17(15)23-21-25-18(24-20(22)26-21)13-28-19(27)14(2)29-16-10-5-4-6-11-16/h4-12,14H,3,13H2,1-2H3,(H3,22,23,24,25,26)/t14-/m1/s1. The molecule has 0 fully saturated rings. The maximum Gasteiger partial charge on any atom is 0.319 e. The molecule has 0 saturated heterocycles. The molecule has 2 aromatic carbocycles. The minimum Gasteiger partial charge on any atom is -0.457 e. The van der Waals surface area contributed by atoms with Crippen LogP contribution in [0, 0.1) is 0 Å². The smallest absolute Gasteiger partial charge is 0.319 e. The van der Waals surface area contributed by atoms with Gasteiger partial charge in [-0.05, 0) is 37.1 Å². The first-order valence-corrected chi connectivity index (χ1v) is 10.2. The summed E-state index contributed by atoms with van der Waals surface area (Å²) in [6.45, 7) is 3.80. The molecule has 1 heterocycles. The number of para-hydroxylation sites is 1. The first kappa shape index (κ1) is 20.6. The van der Waals surface area contributed by atoms with Crippen LogP contribution in [0.25, 0.3) is 0 Å². The monoisotopic (exact) mass is 409 g/mol. The van der Waals surface area contributed by atoms with Crippen LogP contribution in [0.15, 0.2) is 59.5 Å². The average molecular weight is 410 g/mol. The number of hydrogen-bond acceptors (Lipinski definition) is 8. The summed E-state index contributed by atoms with van der Waals surface area (Å²) < 4.78 is 5.37. The minimum atomic E-state index is -0.356. The third-order valence-electron chi connectivity index (χ3n) is 4.08. The van der Waals surface area contributed by atoms with Crippen LogP contribution >= 0.6 is 11.8 Å². The van der Waals surface area contributed by atoms with E-state index in [2.05, 4.69) is 27.2 Å². The molecule has 3 N–H and O–H groups in total. The number of nitrogens with two attached hydrogens (primary N) is 1. The zero-order valence-electron chi connectivity index (χ0n) is 16.3. The number of carbonyl (C=O) groups excluding carboxylic acids is 1. The van der Waals surface area contributed by atoms with Gasteiger partial charge in [-0.2, -0.15) is 15.0 Å². The van der Waals surface area contributed by atoms with Crippen molar-refractivity contribution in [3.63, 3.8) is 0 Å². The zero-order valence-corrected chi connectivity index (χ0v) is 17.1. The van der Waals surface area contributed by atoms with E-state index in [-0.39, 0.29) is 23.8 Å². The van der Waals surface area contributed by atoms with Crippen molar-refractivity contribution in [2.45, 2.75) is 37.0 Å². The van der Waals surface area contributed by atoms with Crippen molar-refractivity contribution in [2.24, 2.45) is 0 Å². The van der Waals surface area contributed by atoms with E-state index in [0.717, 1.165) is 22.6 Å². The fourth-order valence-electron chi connectivity index (χ4n) is 2.63. The molecule has 0 aliphatic rings. The molecule has 150 valence electrons. The summed E-state index contributed by atoms with van der Waals surface area (Å²) in [7, 11) is 0. The Morgan fingerprint density at radius 3 is 2.59 bits per heavy atom. The van der Waals surface area contributed by atoms with Gasteiger partial charge in [-0.25, -0.2) is 0 Å². The highest BCUT2D eigenvalue weighted by Gasteiger charge is 2.17. The number of thioether (sulfide) groups is 1. The Labute approximate surface area is 174 Å². The third kappa shape index (κ3) is 5.92. The SMILES string of the molecule is CCc1ccccc1Nc1nc(N)nc(COC(=O)[C@@H](C)Sc2ccccc2)n1. The van der Waals surface area contributed by atoms with Gasteiger partial charge in [0.1, 0.15) is 5.25 Å². The van der Waals surface area contributed by atoms with Crippen LogP contribution in [-0.2, 0) is 22.6 Å². The highest BCUT2D eigenvalue weighted by Crippen LogP contribution is 2.24. The lowest BCUT2D eigenvalue weighted by atomic mass is 10.1. The van der Waals surface area contributed by atoms with Gasteiger partial charge in [0.15, 0.2) is 12.4 Å². The topological polar surface area (TPSA) is 103 Å². The number of hydrogen-bond donors (Lipinski definition) is 2. The maximum absolute atomic E-state index is 12.3. The molecule has 0 radical (unpaired) electrons. The first-order valence-electron chi connectivity index (χ1n) is 9.29. The molecule has 0 spiro atoms. The molecule has 29 heavy (non-hydrogen) atoms. The van der Waals surface area contributed by atoms with E-state index in [1.54, 1.807) is 6.92 Å². The number of rotatable bonds is 8. The second kappa shape index (κ2) is 9.88. The van der Waals surface area contributed by atoms with Crippen LogP contribution in [0.4, 0.5) is 17.6 Å². The Morgan fingerprint density at radius 1 is 1.10 bits per heavy atom. The molecule has 3 rings (SSSR count). The fraction of sp³-hybridized carbons (Fsp3) is 0.238. The largest absolute Gasteiger partial charge is 0.457 e. The fourth-order valence-corrected chi connectivity index (χ4v) is 3.52. The molecule has 0 bridgehead atoms. The number of aryl methyl sites for hydroxylation is 1. The van der Waals surface area contributed by atoms with E-state index in [1.165, 1.54) is 11.8 Å². The number of nitrogen functional groups attached to an aromatic ring is 1. The number of esters is 1. The normalized spacial score (nSPS) is 11.7. The Kier molecular flexibility index (Phi) is 7.02. The molecule has 0 aliphatic carbocycles. The summed E-state index contributed by atoms with van der Waals surface area (Å²) in [5.74, 6) is 0.327. The van der Waals surface area contributed by atoms with Gasteiger partial charge in [0, 0.05) is 10.6 Å². The molecule has 3 aromatic rings. The van der Waals surface area contributed by atoms with Crippen molar-refractivity contribution in [3.8, 4) is 0 Å². The van der Waals surface area contributed by atoms with Gasteiger partial charge in [0.2, 0.25) is 11.9 Å². The van der Waals surface area contributed by atoms with Gasteiger partial charge in [-0.3, -0.25) is 4.79 Å². The predicted molar refractivity (Wildman–Crippen MR) is 115 cm³/mol. The van der Waals surface area contributed by atoms with Crippen molar-refractivity contribution in [2.75, 3.05) is 11.1 Å². The summed E-state index contributed by atoms with van der Waals surface area (Å²) >= 11 is 1.43. The highest BCUT2D eigenvalue weighted by molar-refractivity contribution is 8.00. The minimum absolute atomic E-state index is 0.0641. The first-order chi connectivity index (χ1) is 14.0. The molecule has 8 heteroatoms. The van der Waals surface area contributed by atoms with Crippen molar-refractivity contribution >= 4 is 35.3 Å². The summed E-state index contributed by atoms with van der Waals surface area (Å²) in [5.41, 5.74) is 7.84. The zero-order chi connectivity index (χ0) is 20.6. The summed E-state index contributed by atoms with van der Waals surface area (Å²) in [4.78, 5) is 25.8. The van der Waals surface area contributed by atoms with Crippen LogP contribution in [-0.4, -0.2) is 26.2 Å². The van der Waals surface area contributed by atoms with Gasteiger partial charge in [-0.1, -0.05) is 43.3 Å². The van der Waals surface area contributed by atoms with E-state index in [9.17, 15) is 4.79 Å².